The van der Waals surface area contributed by atoms with Crippen LogP contribution in [0, 0.1) is 0 Å². The summed E-state index contributed by atoms with van der Waals surface area (Å²) in [6, 6.07) is 0.540. The summed E-state index contributed by atoms with van der Waals surface area (Å²) in [6.45, 7) is 0. The van der Waals surface area contributed by atoms with Crippen LogP contribution in [0.4, 0.5) is 5.82 Å². The lowest BCUT2D eigenvalue weighted by atomic mass is 10.1. The Hall–Kier alpha value is -0.870. The maximum absolute atomic E-state index is 6.14. The van der Waals surface area contributed by atoms with Crippen LogP contribution in [0.2, 0.25) is 5.28 Å². The molecule has 0 unspecified atom stereocenters. The normalized spacial score (nSPS) is 19.7. The number of thiophene rings is 1. The van der Waals surface area contributed by atoms with Crippen LogP contribution in [0.5, 0.6) is 0 Å². The van der Waals surface area contributed by atoms with Gasteiger partial charge in [0.25, 0.3) is 0 Å². The third-order valence-corrected chi connectivity index (χ3v) is 6.09. The average molecular weight is 322 g/mol. The van der Waals surface area contributed by atoms with Gasteiger partial charge in [-0.1, -0.05) is 25.7 Å². The zero-order valence-corrected chi connectivity index (χ0v) is 13.7. The molecule has 2 aliphatic carbocycles. The van der Waals surface area contributed by atoms with Crippen LogP contribution < -0.4 is 5.32 Å². The van der Waals surface area contributed by atoms with Gasteiger partial charge in [-0.2, -0.15) is 0 Å². The first kappa shape index (κ1) is 13.8. The van der Waals surface area contributed by atoms with E-state index >= 15 is 0 Å². The summed E-state index contributed by atoms with van der Waals surface area (Å²) in [6.07, 6.45) is 11.5. The van der Waals surface area contributed by atoms with E-state index in [9.17, 15) is 0 Å². The number of aryl methyl sites for hydroxylation is 2. The monoisotopic (exact) mass is 321 g/mol. The molecule has 1 saturated carbocycles. The first-order chi connectivity index (χ1) is 10.3. The molecule has 1 fully saturated rings. The minimum absolute atomic E-state index is 0.374. The van der Waals surface area contributed by atoms with Gasteiger partial charge in [0.05, 0.1) is 5.39 Å². The molecule has 5 heteroatoms. The van der Waals surface area contributed by atoms with Crippen LogP contribution in [0.15, 0.2) is 0 Å². The third-order valence-electron chi connectivity index (χ3n) is 4.73. The summed E-state index contributed by atoms with van der Waals surface area (Å²) in [7, 11) is 0. The van der Waals surface area contributed by atoms with Crippen molar-refractivity contribution in [3.05, 3.63) is 15.7 Å². The first-order valence-electron chi connectivity index (χ1n) is 8.05. The quantitative estimate of drug-likeness (QED) is 0.627. The standard InChI is InChI=1S/C16H20ClN3S/c17-16-19-14(18-10-6-3-1-2-4-7-10)13-11-8-5-9-12(11)21-15(13)20-16/h10H,1-9H2,(H,18,19,20). The molecular formula is C16H20ClN3S. The van der Waals surface area contributed by atoms with Crippen LogP contribution in [-0.4, -0.2) is 16.0 Å². The van der Waals surface area contributed by atoms with E-state index in [0.717, 1.165) is 10.6 Å². The molecule has 0 spiro atoms. The fourth-order valence-corrected chi connectivity index (χ4v) is 5.17. The van der Waals surface area contributed by atoms with Crippen molar-refractivity contribution in [2.75, 3.05) is 5.32 Å². The Balaban J connectivity index is 1.72. The van der Waals surface area contributed by atoms with E-state index in [1.54, 1.807) is 11.3 Å². The largest absolute Gasteiger partial charge is 0.367 e. The second-order valence-corrected chi connectivity index (χ2v) is 7.63. The predicted molar refractivity (Wildman–Crippen MR) is 89.6 cm³/mol. The van der Waals surface area contributed by atoms with Crippen LogP contribution >= 0.6 is 22.9 Å². The summed E-state index contributed by atoms with van der Waals surface area (Å²) in [5.41, 5.74) is 1.47. The highest BCUT2D eigenvalue weighted by Gasteiger charge is 2.23. The van der Waals surface area contributed by atoms with E-state index in [2.05, 4.69) is 15.3 Å². The van der Waals surface area contributed by atoms with Crippen LogP contribution in [0.3, 0.4) is 0 Å². The van der Waals surface area contributed by atoms with Crippen LogP contribution in [-0.2, 0) is 12.8 Å². The lowest BCUT2D eigenvalue weighted by Gasteiger charge is -2.18. The second-order valence-electron chi connectivity index (χ2n) is 6.21. The average Bonchev–Trinajstić information content (AvgIpc) is 2.91. The highest BCUT2D eigenvalue weighted by molar-refractivity contribution is 7.19. The van der Waals surface area contributed by atoms with E-state index < -0.39 is 0 Å². The predicted octanol–water partition coefficient (Wildman–Crippen LogP) is 4.97. The van der Waals surface area contributed by atoms with Gasteiger partial charge >= 0.3 is 0 Å². The molecule has 2 aromatic rings. The van der Waals surface area contributed by atoms with Crippen molar-refractivity contribution in [2.24, 2.45) is 0 Å². The molecule has 0 saturated heterocycles. The van der Waals surface area contributed by atoms with E-state index in [0.29, 0.717) is 11.3 Å². The van der Waals surface area contributed by atoms with Gasteiger partial charge in [0.15, 0.2) is 0 Å². The maximum atomic E-state index is 6.14. The maximum Gasteiger partial charge on any atom is 0.225 e. The van der Waals surface area contributed by atoms with Gasteiger partial charge in [-0.05, 0) is 49.3 Å². The van der Waals surface area contributed by atoms with Gasteiger partial charge in [-0.25, -0.2) is 9.97 Å². The molecule has 1 N–H and O–H groups in total. The molecule has 4 rings (SSSR count). The second kappa shape index (κ2) is 5.73. The Morgan fingerprint density at radius 1 is 1.00 bits per heavy atom. The lowest BCUT2D eigenvalue weighted by molar-refractivity contribution is 0.618. The molecule has 112 valence electrons. The summed E-state index contributed by atoms with van der Waals surface area (Å²) >= 11 is 7.95. The molecule has 0 aliphatic heterocycles. The Morgan fingerprint density at radius 2 is 1.81 bits per heavy atom. The number of nitrogens with one attached hydrogen (secondary N) is 1. The molecule has 0 atom stereocenters. The molecule has 2 aliphatic rings. The number of nitrogens with zero attached hydrogens (tertiary/aromatic N) is 2. The van der Waals surface area contributed by atoms with E-state index in [1.165, 1.54) is 73.6 Å². The van der Waals surface area contributed by atoms with Gasteiger partial charge in [-0.3, -0.25) is 0 Å². The number of aromatic nitrogens is 2. The molecule has 0 radical (unpaired) electrons. The molecule has 0 aromatic carbocycles. The van der Waals surface area contributed by atoms with Gasteiger partial charge in [0.2, 0.25) is 5.28 Å². The van der Waals surface area contributed by atoms with Crippen molar-refractivity contribution in [3.8, 4) is 0 Å². The number of anilines is 1. The summed E-state index contributed by atoms with van der Waals surface area (Å²) in [5, 5.41) is 5.32. The van der Waals surface area contributed by atoms with E-state index in [-0.39, 0.29) is 0 Å². The number of fused-ring (bicyclic) bond motifs is 3. The fraction of sp³-hybridized carbons (Fsp3) is 0.625. The minimum atomic E-state index is 0.374. The Labute approximate surface area is 134 Å². The molecule has 0 bridgehead atoms. The number of hydrogen-bond acceptors (Lipinski definition) is 4. The molecule has 2 aromatic heterocycles. The van der Waals surface area contributed by atoms with Gasteiger partial charge < -0.3 is 5.32 Å². The van der Waals surface area contributed by atoms with Crippen molar-refractivity contribution in [1.29, 1.82) is 0 Å². The smallest absolute Gasteiger partial charge is 0.225 e. The molecular weight excluding hydrogens is 302 g/mol. The van der Waals surface area contributed by atoms with Crippen molar-refractivity contribution < 1.29 is 0 Å². The van der Waals surface area contributed by atoms with Crippen molar-refractivity contribution in [2.45, 2.75) is 63.8 Å². The number of rotatable bonds is 2. The van der Waals surface area contributed by atoms with Crippen molar-refractivity contribution in [3.63, 3.8) is 0 Å². The highest BCUT2D eigenvalue weighted by Crippen LogP contribution is 2.40. The molecule has 2 heterocycles. The third kappa shape index (κ3) is 2.64. The van der Waals surface area contributed by atoms with E-state index in [1.807, 2.05) is 0 Å². The summed E-state index contributed by atoms with van der Waals surface area (Å²) in [4.78, 5) is 11.5. The van der Waals surface area contributed by atoms with Gasteiger partial charge in [0, 0.05) is 10.9 Å². The fourth-order valence-electron chi connectivity index (χ4n) is 3.69. The van der Waals surface area contributed by atoms with Crippen LogP contribution in [0.25, 0.3) is 10.2 Å². The topological polar surface area (TPSA) is 37.8 Å². The number of halogens is 1. The Kier molecular flexibility index (Phi) is 3.76. The zero-order chi connectivity index (χ0) is 14.2. The molecule has 3 nitrogen and oxygen atoms in total. The van der Waals surface area contributed by atoms with Gasteiger partial charge in [0.1, 0.15) is 10.6 Å². The zero-order valence-electron chi connectivity index (χ0n) is 12.1. The first-order valence-corrected chi connectivity index (χ1v) is 9.25. The van der Waals surface area contributed by atoms with Crippen LogP contribution in [0.1, 0.15) is 55.4 Å². The summed E-state index contributed by atoms with van der Waals surface area (Å²) < 4.78 is 0. The molecule has 0 amide bonds. The van der Waals surface area contributed by atoms with Crippen molar-refractivity contribution >= 4 is 39.0 Å². The summed E-state index contributed by atoms with van der Waals surface area (Å²) in [5.74, 6) is 0.983. The molecule has 21 heavy (non-hydrogen) atoms. The Bertz CT molecular complexity index is 659. The minimum Gasteiger partial charge on any atom is -0.367 e. The highest BCUT2D eigenvalue weighted by atomic mass is 35.5. The lowest BCUT2D eigenvalue weighted by Crippen LogP contribution is -2.19. The van der Waals surface area contributed by atoms with Gasteiger partial charge in [-0.15, -0.1) is 11.3 Å². The number of hydrogen-bond donors (Lipinski definition) is 1. The van der Waals surface area contributed by atoms with Crippen molar-refractivity contribution in [1.82, 2.24) is 9.97 Å². The SMILES string of the molecule is Clc1nc(NC2CCCCCC2)c2c3c(sc2n1)CCC3. The van der Waals surface area contributed by atoms with E-state index in [4.69, 9.17) is 11.6 Å². The Morgan fingerprint density at radius 3 is 2.62 bits per heavy atom.